The molecule has 0 N–H and O–H groups in total. The Morgan fingerprint density at radius 1 is 1.24 bits per heavy atom. The summed E-state index contributed by atoms with van der Waals surface area (Å²) < 4.78 is 7.43. The second-order valence-corrected chi connectivity index (χ2v) is 7.95. The zero-order chi connectivity index (χ0) is 18.7. The number of rotatable bonds is 6. The summed E-state index contributed by atoms with van der Waals surface area (Å²) in [7, 11) is 0. The van der Waals surface area contributed by atoms with E-state index in [0.717, 1.165) is 28.0 Å². The Hall–Kier alpha value is -1.17. The van der Waals surface area contributed by atoms with E-state index in [-0.39, 0.29) is 11.9 Å². The number of imidazole rings is 1. The number of esters is 1. The van der Waals surface area contributed by atoms with Crippen molar-refractivity contribution in [2.24, 2.45) is 0 Å². The van der Waals surface area contributed by atoms with Crippen LogP contribution in [0.5, 0.6) is 0 Å². The highest BCUT2D eigenvalue weighted by Crippen LogP contribution is 2.38. The molecule has 1 atom stereocenters. The molecule has 2 rings (SSSR count). The molecule has 7 heteroatoms. The minimum atomic E-state index is -0.410. The first-order chi connectivity index (χ1) is 11.7. The average molecular weight is 401 g/mol. The van der Waals surface area contributed by atoms with Crippen LogP contribution in [0.2, 0.25) is 10.0 Å². The van der Waals surface area contributed by atoms with Crippen molar-refractivity contribution in [1.29, 1.82) is 0 Å². The smallest absolute Gasteiger partial charge is 0.303 e. The normalized spacial score (nSPS) is 12.5. The Morgan fingerprint density at radius 3 is 2.32 bits per heavy atom. The minimum absolute atomic E-state index is 0.230. The van der Waals surface area contributed by atoms with Crippen molar-refractivity contribution >= 4 is 40.9 Å². The topological polar surface area (TPSA) is 44.1 Å². The number of benzene rings is 1. The molecule has 0 amide bonds. The van der Waals surface area contributed by atoms with E-state index in [1.54, 1.807) is 17.8 Å². The molecule has 0 spiro atoms. The first-order valence-corrected chi connectivity index (χ1v) is 9.71. The molecule has 1 heterocycles. The van der Waals surface area contributed by atoms with Crippen molar-refractivity contribution in [3.05, 3.63) is 39.8 Å². The van der Waals surface area contributed by atoms with Gasteiger partial charge in [0, 0.05) is 28.4 Å². The number of hydrogen-bond donors (Lipinski definition) is 0. The van der Waals surface area contributed by atoms with Crippen LogP contribution in [0, 0.1) is 0 Å². The molecule has 0 radical (unpaired) electrons. The zero-order valence-electron chi connectivity index (χ0n) is 15.0. The van der Waals surface area contributed by atoms with E-state index in [1.165, 1.54) is 6.92 Å². The maximum absolute atomic E-state index is 11.3. The van der Waals surface area contributed by atoms with Crippen LogP contribution in [0.1, 0.15) is 58.2 Å². The third kappa shape index (κ3) is 4.93. The Balaban J connectivity index is 2.50. The van der Waals surface area contributed by atoms with Crippen molar-refractivity contribution in [3.63, 3.8) is 0 Å². The molecule has 0 saturated carbocycles. The number of aromatic nitrogens is 2. The van der Waals surface area contributed by atoms with E-state index < -0.39 is 6.10 Å². The average Bonchev–Trinajstić information content (AvgIpc) is 2.84. The molecule has 0 aliphatic rings. The SMILES string of the molecule is CCn1c(C(C)OC(C)=O)nc(C(C)C)c1Sc1cc(Cl)cc(Cl)c1. The third-order valence-electron chi connectivity index (χ3n) is 3.60. The summed E-state index contributed by atoms with van der Waals surface area (Å²) in [6.07, 6.45) is -0.410. The van der Waals surface area contributed by atoms with Gasteiger partial charge < -0.3 is 9.30 Å². The van der Waals surface area contributed by atoms with Gasteiger partial charge in [-0.05, 0) is 38.0 Å². The van der Waals surface area contributed by atoms with Gasteiger partial charge in [0.2, 0.25) is 0 Å². The van der Waals surface area contributed by atoms with Crippen molar-refractivity contribution in [3.8, 4) is 0 Å². The highest BCUT2D eigenvalue weighted by Gasteiger charge is 2.24. The first kappa shape index (κ1) is 20.1. The highest BCUT2D eigenvalue weighted by molar-refractivity contribution is 7.99. The molecule has 0 saturated heterocycles. The van der Waals surface area contributed by atoms with E-state index in [4.69, 9.17) is 32.9 Å². The summed E-state index contributed by atoms with van der Waals surface area (Å²) in [5.74, 6) is 0.658. The number of ether oxygens (including phenoxy) is 1. The molecule has 0 aliphatic heterocycles. The molecule has 0 fully saturated rings. The summed E-state index contributed by atoms with van der Waals surface area (Å²) >= 11 is 13.8. The van der Waals surface area contributed by atoms with Gasteiger partial charge in [0.15, 0.2) is 11.9 Å². The van der Waals surface area contributed by atoms with Crippen LogP contribution in [0.25, 0.3) is 0 Å². The molecule has 0 aliphatic carbocycles. The van der Waals surface area contributed by atoms with Gasteiger partial charge in [-0.2, -0.15) is 0 Å². The molecule has 0 bridgehead atoms. The van der Waals surface area contributed by atoms with Crippen LogP contribution in [-0.2, 0) is 16.1 Å². The Labute approximate surface area is 162 Å². The second-order valence-electron chi connectivity index (χ2n) is 6.02. The molecule has 2 aromatic rings. The Bertz CT molecular complexity index is 754. The lowest BCUT2D eigenvalue weighted by molar-refractivity contribution is -0.146. The monoisotopic (exact) mass is 400 g/mol. The van der Waals surface area contributed by atoms with Crippen LogP contribution in [-0.4, -0.2) is 15.5 Å². The maximum atomic E-state index is 11.3. The molecular weight excluding hydrogens is 379 g/mol. The van der Waals surface area contributed by atoms with Gasteiger partial charge in [0.25, 0.3) is 0 Å². The molecule has 1 aromatic carbocycles. The standard InChI is InChI=1S/C18H22Cl2N2O2S/c1-6-22-17(11(4)24-12(5)23)21-16(10(2)3)18(22)25-15-8-13(19)7-14(20)9-15/h7-11H,6H2,1-5H3. The van der Waals surface area contributed by atoms with Crippen LogP contribution in [0.15, 0.2) is 28.1 Å². The highest BCUT2D eigenvalue weighted by atomic mass is 35.5. The number of carbonyl (C=O) groups excluding carboxylic acids is 1. The number of nitrogens with zero attached hydrogens (tertiary/aromatic N) is 2. The summed E-state index contributed by atoms with van der Waals surface area (Å²) in [5.41, 5.74) is 0.969. The summed E-state index contributed by atoms with van der Waals surface area (Å²) in [5, 5.41) is 2.21. The number of halogens is 2. The quantitative estimate of drug-likeness (QED) is 0.548. The van der Waals surface area contributed by atoms with Crippen molar-refractivity contribution in [2.75, 3.05) is 0 Å². The first-order valence-electron chi connectivity index (χ1n) is 8.14. The summed E-state index contributed by atoms with van der Waals surface area (Å²) in [6, 6.07) is 5.47. The fraction of sp³-hybridized carbons (Fsp3) is 0.444. The van der Waals surface area contributed by atoms with Crippen LogP contribution in [0.3, 0.4) is 0 Å². The lowest BCUT2D eigenvalue weighted by Gasteiger charge is -2.15. The fourth-order valence-corrected chi connectivity index (χ4v) is 4.54. The summed E-state index contributed by atoms with van der Waals surface area (Å²) in [6.45, 7) is 10.2. The van der Waals surface area contributed by atoms with E-state index in [0.29, 0.717) is 10.0 Å². The predicted octanol–water partition coefficient (Wildman–Crippen LogP) is 6.11. The van der Waals surface area contributed by atoms with Gasteiger partial charge in [-0.3, -0.25) is 4.79 Å². The van der Waals surface area contributed by atoms with Gasteiger partial charge in [-0.1, -0.05) is 48.8 Å². The predicted molar refractivity (Wildman–Crippen MR) is 103 cm³/mol. The molecule has 4 nitrogen and oxygen atoms in total. The number of hydrogen-bond acceptors (Lipinski definition) is 4. The minimum Gasteiger partial charge on any atom is -0.455 e. The van der Waals surface area contributed by atoms with Gasteiger partial charge in [0.05, 0.1) is 5.69 Å². The van der Waals surface area contributed by atoms with E-state index in [9.17, 15) is 4.79 Å². The Morgan fingerprint density at radius 2 is 1.84 bits per heavy atom. The van der Waals surface area contributed by atoms with Gasteiger partial charge in [-0.15, -0.1) is 0 Å². The summed E-state index contributed by atoms with van der Waals surface area (Å²) in [4.78, 5) is 17.0. The molecular formula is C18H22Cl2N2O2S. The number of carbonyl (C=O) groups is 1. The lowest BCUT2D eigenvalue weighted by Crippen LogP contribution is -2.12. The molecule has 136 valence electrons. The Kier molecular flexibility index (Phi) is 6.83. The molecule has 25 heavy (non-hydrogen) atoms. The van der Waals surface area contributed by atoms with Crippen molar-refractivity contribution in [2.45, 2.75) is 63.1 Å². The van der Waals surface area contributed by atoms with E-state index >= 15 is 0 Å². The fourth-order valence-electron chi connectivity index (χ4n) is 2.57. The van der Waals surface area contributed by atoms with Crippen LogP contribution < -0.4 is 0 Å². The van der Waals surface area contributed by atoms with Crippen LogP contribution in [0.4, 0.5) is 0 Å². The van der Waals surface area contributed by atoms with Crippen LogP contribution >= 0.6 is 35.0 Å². The third-order valence-corrected chi connectivity index (χ3v) is 5.13. The zero-order valence-corrected chi connectivity index (χ0v) is 17.3. The van der Waals surface area contributed by atoms with Gasteiger partial charge in [-0.25, -0.2) is 4.98 Å². The van der Waals surface area contributed by atoms with Gasteiger partial charge in [0.1, 0.15) is 5.03 Å². The largest absolute Gasteiger partial charge is 0.455 e. The molecule has 1 unspecified atom stereocenters. The van der Waals surface area contributed by atoms with Crippen molar-refractivity contribution < 1.29 is 9.53 Å². The molecule has 1 aromatic heterocycles. The lowest BCUT2D eigenvalue weighted by atomic mass is 10.1. The van der Waals surface area contributed by atoms with E-state index in [2.05, 4.69) is 18.4 Å². The van der Waals surface area contributed by atoms with Gasteiger partial charge >= 0.3 is 5.97 Å². The second kappa shape index (κ2) is 8.47. The van der Waals surface area contributed by atoms with Crippen molar-refractivity contribution in [1.82, 2.24) is 9.55 Å². The maximum Gasteiger partial charge on any atom is 0.303 e. The van der Waals surface area contributed by atoms with E-state index in [1.807, 2.05) is 26.0 Å².